The average Bonchev–Trinajstić information content (AvgIpc) is 3.30. The number of hydrogen-bond acceptors (Lipinski definition) is 5. The number of halogens is 7. The number of ether oxygens (including phenoxy) is 1. The molecule has 14 heteroatoms. The third-order valence-corrected chi connectivity index (χ3v) is 11.7. The number of methoxy groups -OCH3 is 1. The minimum absolute atomic E-state index is 0.0246. The first-order valence-electron chi connectivity index (χ1n) is 11.2. The molecule has 2 fully saturated rings. The van der Waals surface area contributed by atoms with Crippen LogP contribution in [0.25, 0.3) is 0 Å². The molecule has 1 heterocycles. The lowest BCUT2D eigenvalue weighted by Crippen LogP contribution is -2.56. The van der Waals surface area contributed by atoms with Crippen molar-refractivity contribution in [2.45, 2.75) is 14.1 Å². The minimum atomic E-state index is -2.15. The predicted octanol–water partition coefficient (Wildman–Crippen LogP) is 6.04. The highest BCUT2D eigenvalue weighted by molar-refractivity contribution is 6.66. The molecule has 2 aromatic rings. The van der Waals surface area contributed by atoms with E-state index in [4.69, 9.17) is 85.9 Å². The normalized spacial score (nSPS) is 28.7. The third-order valence-electron chi connectivity index (χ3n) is 7.15. The standard InChI is InChI=1S/C25H15Cl7N2O5/c1-39-12-6-4-5-11(9-12)15(35)10-33(20(36)13-7-2-3-8-14(13)26)34-21(37)16-17(22(34)38)24(30)19(28)18(27)23(16,29)25(24,31)32/h2-9,16-17H,10H2,1H3/t16-,17-,23+,24+/m0/s1. The van der Waals surface area contributed by atoms with Crippen molar-refractivity contribution in [2.24, 2.45) is 11.8 Å². The Kier molecular flexibility index (Phi) is 7.16. The van der Waals surface area contributed by atoms with E-state index in [1.165, 1.54) is 37.4 Å². The van der Waals surface area contributed by atoms with Gasteiger partial charge in [0.15, 0.2) is 10.1 Å². The topological polar surface area (TPSA) is 84.0 Å². The molecule has 3 amide bonds. The molecular formula is C25H15Cl7N2O5. The number of benzene rings is 2. The monoisotopic (exact) mass is 668 g/mol. The molecule has 0 N–H and O–H groups in total. The van der Waals surface area contributed by atoms with Crippen LogP contribution >= 0.6 is 81.2 Å². The Balaban J connectivity index is 1.61. The molecule has 1 saturated heterocycles. The predicted molar refractivity (Wildman–Crippen MR) is 149 cm³/mol. The highest BCUT2D eigenvalue weighted by atomic mass is 35.5. The zero-order valence-electron chi connectivity index (χ0n) is 19.6. The zero-order valence-corrected chi connectivity index (χ0v) is 24.9. The first-order valence-corrected chi connectivity index (χ1v) is 13.8. The quantitative estimate of drug-likeness (QED) is 0.213. The highest BCUT2D eigenvalue weighted by Gasteiger charge is 2.88. The highest BCUT2D eigenvalue weighted by Crippen LogP contribution is 2.77. The van der Waals surface area contributed by atoms with Crippen LogP contribution in [0.4, 0.5) is 0 Å². The Bertz CT molecular complexity index is 1450. The number of amides is 3. The molecule has 1 aliphatic heterocycles. The van der Waals surface area contributed by atoms with Gasteiger partial charge in [-0.2, -0.15) is 5.01 Å². The van der Waals surface area contributed by atoms with Crippen molar-refractivity contribution >= 4 is 105 Å². The number of rotatable bonds is 6. The summed E-state index contributed by atoms with van der Waals surface area (Å²) in [6, 6.07) is 12.1. The van der Waals surface area contributed by atoms with Gasteiger partial charge in [-0.1, -0.05) is 82.3 Å². The third kappa shape index (κ3) is 3.71. The first-order chi connectivity index (χ1) is 18.2. The Morgan fingerprint density at radius 3 is 2.00 bits per heavy atom. The van der Waals surface area contributed by atoms with Crippen molar-refractivity contribution in [3.8, 4) is 5.75 Å². The smallest absolute Gasteiger partial charge is 0.274 e. The average molecular weight is 672 g/mol. The van der Waals surface area contributed by atoms with E-state index < -0.39 is 56.0 Å². The van der Waals surface area contributed by atoms with Gasteiger partial charge in [-0.15, -0.1) is 23.2 Å². The number of carbonyl (C=O) groups excluding carboxylic acids is 4. The van der Waals surface area contributed by atoms with E-state index in [1.54, 1.807) is 18.2 Å². The molecule has 2 aromatic carbocycles. The molecule has 5 rings (SSSR count). The van der Waals surface area contributed by atoms with E-state index >= 15 is 0 Å². The molecule has 4 atom stereocenters. The molecule has 1 saturated carbocycles. The molecule has 0 radical (unpaired) electrons. The summed E-state index contributed by atoms with van der Waals surface area (Å²) in [4.78, 5) is 50.8. The summed E-state index contributed by atoms with van der Waals surface area (Å²) in [7, 11) is 1.42. The van der Waals surface area contributed by atoms with E-state index in [9.17, 15) is 19.2 Å². The number of allylic oxidation sites excluding steroid dienone is 2. The fourth-order valence-corrected chi connectivity index (χ4v) is 8.39. The fourth-order valence-electron chi connectivity index (χ4n) is 5.25. The van der Waals surface area contributed by atoms with Crippen LogP contribution in [0.1, 0.15) is 20.7 Å². The second-order valence-corrected chi connectivity index (χ2v) is 12.8. The lowest BCUT2D eigenvalue weighted by molar-refractivity contribution is -0.154. The molecule has 39 heavy (non-hydrogen) atoms. The van der Waals surface area contributed by atoms with E-state index in [0.717, 1.165) is 0 Å². The van der Waals surface area contributed by atoms with E-state index in [1.807, 2.05) is 0 Å². The van der Waals surface area contributed by atoms with Gasteiger partial charge in [0.2, 0.25) is 0 Å². The Labute approximate surface area is 257 Å². The SMILES string of the molecule is COc1cccc(C(=O)CN(C(=O)c2ccccc2Cl)N2C(=O)[C@@H]3[C@@H](C2=O)[C@@]2(Cl)C(Cl)=C(Cl)[C@@]3(Cl)C2(Cl)Cl)c1. The maximum Gasteiger partial charge on any atom is 0.274 e. The number of hydrazine groups is 1. The number of imide groups is 1. The summed E-state index contributed by atoms with van der Waals surface area (Å²) in [5, 5.41) is 0.670. The molecule has 2 aliphatic carbocycles. The second-order valence-electron chi connectivity index (χ2n) is 9.07. The van der Waals surface area contributed by atoms with Crippen LogP contribution < -0.4 is 4.74 Å². The molecule has 0 aromatic heterocycles. The number of ketones is 1. The molecule has 204 valence electrons. The van der Waals surface area contributed by atoms with E-state index in [0.29, 0.717) is 15.8 Å². The Morgan fingerprint density at radius 2 is 1.46 bits per heavy atom. The lowest BCUT2D eigenvalue weighted by atomic mass is 9.84. The van der Waals surface area contributed by atoms with Gasteiger partial charge in [-0.05, 0) is 24.3 Å². The van der Waals surface area contributed by atoms with Crippen molar-refractivity contribution in [2.75, 3.05) is 13.7 Å². The largest absolute Gasteiger partial charge is 0.497 e. The number of alkyl halides is 4. The summed E-state index contributed by atoms with van der Waals surface area (Å²) >= 11 is 45.6. The van der Waals surface area contributed by atoms with Crippen LogP contribution in [-0.2, 0) is 9.59 Å². The van der Waals surface area contributed by atoms with Gasteiger partial charge in [-0.25, -0.2) is 5.01 Å². The number of carbonyl (C=O) groups is 4. The summed E-state index contributed by atoms with van der Waals surface area (Å²) in [6.45, 7) is -0.736. The summed E-state index contributed by atoms with van der Waals surface area (Å²) in [5.41, 5.74) is 0.0826. The van der Waals surface area contributed by atoms with E-state index in [2.05, 4.69) is 0 Å². The van der Waals surface area contributed by atoms with Gasteiger partial charge in [0.1, 0.15) is 22.0 Å². The number of nitrogens with zero attached hydrogens (tertiary/aromatic N) is 2. The minimum Gasteiger partial charge on any atom is -0.497 e. The number of hydrogen-bond donors (Lipinski definition) is 0. The van der Waals surface area contributed by atoms with Crippen molar-refractivity contribution in [1.29, 1.82) is 0 Å². The fraction of sp³-hybridized carbons (Fsp3) is 0.280. The maximum atomic E-state index is 13.9. The van der Waals surface area contributed by atoms with Gasteiger partial charge in [0.05, 0.1) is 39.6 Å². The van der Waals surface area contributed by atoms with Crippen molar-refractivity contribution in [3.63, 3.8) is 0 Å². The second kappa shape index (κ2) is 9.69. The van der Waals surface area contributed by atoms with Crippen LogP contribution in [0.5, 0.6) is 5.75 Å². The van der Waals surface area contributed by atoms with Crippen molar-refractivity contribution in [3.05, 3.63) is 74.7 Å². The molecule has 3 aliphatic rings. The van der Waals surface area contributed by atoms with Crippen molar-refractivity contribution < 1.29 is 23.9 Å². The van der Waals surface area contributed by atoms with Crippen LogP contribution in [-0.4, -0.2) is 61.3 Å². The van der Waals surface area contributed by atoms with Gasteiger partial charge < -0.3 is 4.74 Å². The summed E-state index contributed by atoms with van der Waals surface area (Å²) in [5.74, 6) is -6.12. The van der Waals surface area contributed by atoms with Crippen molar-refractivity contribution in [1.82, 2.24) is 10.0 Å². The van der Waals surface area contributed by atoms with Gasteiger partial charge in [0, 0.05) is 5.56 Å². The van der Waals surface area contributed by atoms with Crippen LogP contribution in [0, 0.1) is 11.8 Å². The van der Waals surface area contributed by atoms with Gasteiger partial charge in [-0.3, -0.25) is 19.2 Å². The van der Waals surface area contributed by atoms with Crippen LogP contribution in [0.2, 0.25) is 5.02 Å². The summed E-state index contributed by atoms with van der Waals surface area (Å²) in [6.07, 6.45) is 0. The Hall–Kier alpha value is -1.71. The zero-order chi connectivity index (χ0) is 28.7. The maximum absolute atomic E-state index is 13.9. The number of Topliss-reactive ketones (excluding diaryl/α,β-unsaturated/α-hetero) is 1. The Morgan fingerprint density at radius 1 is 0.897 bits per heavy atom. The molecule has 0 spiro atoms. The molecule has 0 unspecified atom stereocenters. The first kappa shape index (κ1) is 28.8. The molecular weight excluding hydrogens is 656 g/mol. The molecule has 7 nitrogen and oxygen atoms in total. The van der Waals surface area contributed by atoms with Gasteiger partial charge >= 0.3 is 0 Å². The van der Waals surface area contributed by atoms with E-state index in [-0.39, 0.29) is 26.2 Å². The van der Waals surface area contributed by atoms with Crippen LogP contribution in [0.3, 0.4) is 0 Å². The number of fused-ring (bicyclic) bond motifs is 5. The summed E-state index contributed by atoms with van der Waals surface area (Å²) < 4.78 is 3.01. The van der Waals surface area contributed by atoms with Gasteiger partial charge in [0.25, 0.3) is 17.7 Å². The molecule has 2 bridgehead atoms. The van der Waals surface area contributed by atoms with Crippen LogP contribution in [0.15, 0.2) is 58.6 Å². The lowest BCUT2D eigenvalue weighted by Gasteiger charge is -2.36.